The second kappa shape index (κ2) is 9.97. The lowest BCUT2D eigenvalue weighted by Crippen LogP contribution is -2.32. The third-order valence-corrected chi connectivity index (χ3v) is 4.66. The molecule has 2 aromatic carbocycles. The van der Waals surface area contributed by atoms with Crippen LogP contribution in [-0.2, 0) is 11.2 Å². The predicted molar refractivity (Wildman–Crippen MR) is 108 cm³/mol. The molecule has 27 heavy (non-hydrogen) atoms. The standard InChI is InChI=1S/C22H30N2O3/c1-15(2)16-5-7-17(8-6-16)20(23)14-24-22(25)12-9-18-13-19(26-3)10-11-21(18)27-4/h5-8,10-11,13,15,20H,9,12,14,23H2,1-4H3,(H,24,25). The van der Waals surface area contributed by atoms with Crippen LogP contribution in [0, 0.1) is 0 Å². The number of hydrogen-bond donors (Lipinski definition) is 2. The third kappa shape index (κ3) is 6.00. The van der Waals surface area contributed by atoms with Crippen molar-refractivity contribution in [3.8, 4) is 11.5 Å². The number of aryl methyl sites for hydroxylation is 1. The van der Waals surface area contributed by atoms with Crippen LogP contribution in [0.1, 0.15) is 48.9 Å². The summed E-state index contributed by atoms with van der Waals surface area (Å²) in [5.41, 5.74) is 9.46. The quantitative estimate of drug-likeness (QED) is 0.708. The van der Waals surface area contributed by atoms with Gasteiger partial charge in [0.1, 0.15) is 11.5 Å². The van der Waals surface area contributed by atoms with Crippen molar-refractivity contribution < 1.29 is 14.3 Å². The molecule has 0 fully saturated rings. The lowest BCUT2D eigenvalue weighted by molar-refractivity contribution is -0.121. The molecule has 0 bridgehead atoms. The Kier molecular flexibility index (Phi) is 7.67. The lowest BCUT2D eigenvalue weighted by Gasteiger charge is -2.15. The number of carbonyl (C=O) groups is 1. The average Bonchev–Trinajstić information content (AvgIpc) is 2.70. The van der Waals surface area contributed by atoms with Gasteiger partial charge in [-0.2, -0.15) is 0 Å². The van der Waals surface area contributed by atoms with Crippen molar-refractivity contribution in [3.63, 3.8) is 0 Å². The van der Waals surface area contributed by atoms with Crippen molar-refractivity contribution >= 4 is 5.91 Å². The molecule has 0 heterocycles. The largest absolute Gasteiger partial charge is 0.497 e. The van der Waals surface area contributed by atoms with E-state index in [1.165, 1.54) is 5.56 Å². The Labute approximate surface area is 161 Å². The number of benzene rings is 2. The molecule has 5 heteroatoms. The lowest BCUT2D eigenvalue weighted by atomic mass is 9.99. The van der Waals surface area contributed by atoms with E-state index in [9.17, 15) is 4.79 Å². The van der Waals surface area contributed by atoms with Crippen LogP contribution in [0.3, 0.4) is 0 Å². The SMILES string of the molecule is COc1ccc(OC)c(CCC(=O)NCC(N)c2ccc(C(C)C)cc2)c1. The number of hydrogen-bond acceptors (Lipinski definition) is 4. The second-order valence-corrected chi connectivity index (χ2v) is 6.91. The van der Waals surface area contributed by atoms with Gasteiger partial charge in [0, 0.05) is 19.0 Å². The highest BCUT2D eigenvalue weighted by Crippen LogP contribution is 2.25. The van der Waals surface area contributed by atoms with Crippen molar-refractivity contribution in [3.05, 3.63) is 59.2 Å². The Morgan fingerprint density at radius 1 is 1.04 bits per heavy atom. The summed E-state index contributed by atoms with van der Waals surface area (Å²) >= 11 is 0. The average molecular weight is 370 g/mol. The van der Waals surface area contributed by atoms with Crippen LogP contribution in [0.25, 0.3) is 0 Å². The number of nitrogens with two attached hydrogens (primary N) is 1. The summed E-state index contributed by atoms with van der Waals surface area (Å²) in [6, 6.07) is 13.6. The molecule has 146 valence electrons. The minimum atomic E-state index is -0.221. The Morgan fingerprint density at radius 2 is 1.70 bits per heavy atom. The number of methoxy groups -OCH3 is 2. The summed E-state index contributed by atoms with van der Waals surface area (Å²) in [6.07, 6.45) is 0.938. The highest BCUT2D eigenvalue weighted by Gasteiger charge is 2.11. The van der Waals surface area contributed by atoms with Gasteiger partial charge in [0.2, 0.25) is 5.91 Å². The molecule has 0 saturated heterocycles. The van der Waals surface area contributed by atoms with Gasteiger partial charge in [0.25, 0.3) is 0 Å². The summed E-state index contributed by atoms with van der Waals surface area (Å²) in [4.78, 5) is 12.2. The normalized spacial score (nSPS) is 11.9. The summed E-state index contributed by atoms with van der Waals surface area (Å²) in [5.74, 6) is 1.96. The maximum atomic E-state index is 12.2. The summed E-state index contributed by atoms with van der Waals surface area (Å²) in [7, 11) is 3.24. The molecule has 0 aromatic heterocycles. The number of rotatable bonds is 9. The monoisotopic (exact) mass is 370 g/mol. The highest BCUT2D eigenvalue weighted by atomic mass is 16.5. The summed E-state index contributed by atoms with van der Waals surface area (Å²) in [6.45, 7) is 4.73. The van der Waals surface area contributed by atoms with Crippen molar-refractivity contribution in [1.82, 2.24) is 5.32 Å². The Morgan fingerprint density at radius 3 is 2.30 bits per heavy atom. The van der Waals surface area contributed by atoms with Crippen molar-refractivity contribution in [2.75, 3.05) is 20.8 Å². The molecule has 1 amide bonds. The van der Waals surface area contributed by atoms with E-state index < -0.39 is 0 Å². The van der Waals surface area contributed by atoms with Gasteiger partial charge in [-0.3, -0.25) is 4.79 Å². The zero-order valence-electron chi connectivity index (χ0n) is 16.6. The van der Waals surface area contributed by atoms with Crippen LogP contribution in [0.5, 0.6) is 11.5 Å². The molecule has 0 radical (unpaired) electrons. The van der Waals surface area contributed by atoms with Crippen LogP contribution in [0.4, 0.5) is 0 Å². The first-order chi connectivity index (χ1) is 12.9. The van der Waals surface area contributed by atoms with Gasteiger partial charge in [-0.05, 0) is 47.2 Å². The smallest absolute Gasteiger partial charge is 0.220 e. The molecule has 1 unspecified atom stereocenters. The molecule has 0 aliphatic carbocycles. The molecule has 3 N–H and O–H groups in total. The van der Waals surface area contributed by atoms with E-state index in [1.54, 1.807) is 14.2 Å². The van der Waals surface area contributed by atoms with E-state index in [0.29, 0.717) is 25.3 Å². The van der Waals surface area contributed by atoms with E-state index in [2.05, 4.69) is 31.3 Å². The molecule has 0 saturated carbocycles. The van der Waals surface area contributed by atoms with E-state index in [4.69, 9.17) is 15.2 Å². The number of nitrogens with one attached hydrogen (secondary N) is 1. The molecule has 5 nitrogen and oxygen atoms in total. The van der Waals surface area contributed by atoms with Crippen molar-refractivity contribution in [2.24, 2.45) is 5.73 Å². The molecule has 0 aliphatic rings. The maximum absolute atomic E-state index is 12.2. The first-order valence-electron chi connectivity index (χ1n) is 9.27. The van der Waals surface area contributed by atoms with Gasteiger partial charge >= 0.3 is 0 Å². The fraction of sp³-hybridized carbons (Fsp3) is 0.409. The first-order valence-corrected chi connectivity index (χ1v) is 9.27. The Hall–Kier alpha value is -2.53. The van der Waals surface area contributed by atoms with Crippen LogP contribution >= 0.6 is 0 Å². The number of carbonyl (C=O) groups excluding carboxylic acids is 1. The van der Waals surface area contributed by atoms with Gasteiger partial charge in [-0.15, -0.1) is 0 Å². The molecule has 0 aliphatic heterocycles. The summed E-state index contributed by atoms with van der Waals surface area (Å²) in [5, 5.41) is 2.92. The summed E-state index contributed by atoms with van der Waals surface area (Å²) < 4.78 is 10.6. The molecule has 1 atom stereocenters. The van der Waals surface area contributed by atoms with E-state index in [-0.39, 0.29) is 11.9 Å². The van der Waals surface area contributed by atoms with Crippen molar-refractivity contribution in [2.45, 2.75) is 38.6 Å². The number of amides is 1. The van der Waals surface area contributed by atoms with Gasteiger partial charge in [-0.1, -0.05) is 38.1 Å². The van der Waals surface area contributed by atoms with Gasteiger partial charge in [0.05, 0.1) is 14.2 Å². The molecule has 2 aromatic rings. The molecular formula is C22H30N2O3. The van der Waals surface area contributed by atoms with E-state index in [0.717, 1.165) is 22.6 Å². The maximum Gasteiger partial charge on any atom is 0.220 e. The Balaban J connectivity index is 1.85. The van der Waals surface area contributed by atoms with Gasteiger partial charge in [0.15, 0.2) is 0 Å². The highest BCUT2D eigenvalue weighted by molar-refractivity contribution is 5.76. The van der Waals surface area contributed by atoms with Crippen LogP contribution in [0.15, 0.2) is 42.5 Å². The van der Waals surface area contributed by atoms with Gasteiger partial charge in [-0.25, -0.2) is 0 Å². The van der Waals surface area contributed by atoms with E-state index >= 15 is 0 Å². The number of ether oxygens (including phenoxy) is 2. The Bertz CT molecular complexity index is 742. The topological polar surface area (TPSA) is 73.6 Å². The van der Waals surface area contributed by atoms with Gasteiger partial charge < -0.3 is 20.5 Å². The zero-order valence-corrected chi connectivity index (χ0v) is 16.6. The zero-order chi connectivity index (χ0) is 19.8. The van der Waals surface area contributed by atoms with Crippen LogP contribution < -0.4 is 20.5 Å². The minimum absolute atomic E-state index is 0.0332. The van der Waals surface area contributed by atoms with Crippen molar-refractivity contribution in [1.29, 1.82) is 0 Å². The second-order valence-electron chi connectivity index (χ2n) is 6.91. The van der Waals surface area contributed by atoms with Crippen LogP contribution in [0.2, 0.25) is 0 Å². The molecular weight excluding hydrogens is 340 g/mol. The fourth-order valence-corrected chi connectivity index (χ4v) is 2.88. The molecule has 0 spiro atoms. The van der Waals surface area contributed by atoms with Crippen LogP contribution in [-0.4, -0.2) is 26.7 Å². The first kappa shape index (κ1) is 20.8. The minimum Gasteiger partial charge on any atom is -0.497 e. The fourth-order valence-electron chi connectivity index (χ4n) is 2.88. The predicted octanol–water partition coefficient (Wildman–Crippen LogP) is 3.58. The van der Waals surface area contributed by atoms with E-state index in [1.807, 2.05) is 30.3 Å². The molecule has 2 rings (SSSR count). The third-order valence-electron chi connectivity index (χ3n) is 4.66.